The molecule has 0 heterocycles. The molecular formula is C54H106O7. The van der Waals surface area contributed by atoms with E-state index in [4.69, 9.17) is 33.2 Å². The van der Waals surface area contributed by atoms with Crippen LogP contribution in [0.4, 0.5) is 0 Å². The summed E-state index contributed by atoms with van der Waals surface area (Å²) in [5.41, 5.74) is 0. The van der Waals surface area contributed by atoms with Gasteiger partial charge in [0.05, 0.1) is 0 Å². The summed E-state index contributed by atoms with van der Waals surface area (Å²) in [6.45, 7) is 12.3. The molecule has 0 fully saturated rings. The Bertz CT molecular complexity index is 758. The van der Waals surface area contributed by atoms with Gasteiger partial charge in [0.1, 0.15) is 0 Å². The first-order valence-electron chi connectivity index (χ1n) is 26.7. The molecule has 7 nitrogen and oxygen atoms in total. The summed E-state index contributed by atoms with van der Waals surface area (Å²) in [6.07, 6.45) is 51.7. The summed E-state index contributed by atoms with van der Waals surface area (Å²) in [4.78, 5) is 0. The van der Waals surface area contributed by atoms with Gasteiger partial charge in [0.2, 0.25) is 0 Å². The number of ether oxygens (including phenoxy) is 7. The highest BCUT2D eigenvalue weighted by molar-refractivity contribution is 4.89. The Balaban J connectivity index is 4.59. The summed E-state index contributed by atoms with van der Waals surface area (Å²) in [5, 5.41) is 0. The molecule has 0 radical (unpaired) electrons. The average Bonchev–Trinajstić information content (AvgIpc) is 3.27. The van der Waals surface area contributed by atoms with E-state index in [2.05, 4.69) is 39.8 Å². The Kier molecular flexibility index (Phi) is 51.2. The molecule has 0 amide bonds. The van der Waals surface area contributed by atoms with Crippen LogP contribution >= 0.6 is 0 Å². The molecule has 0 bridgehead atoms. The number of hydrogen-bond donors (Lipinski definition) is 0. The van der Waals surface area contributed by atoms with Gasteiger partial charge in [-0.05, 0) is 89.2 Å². The standard InChI is InChI=1S/C54H106O7/c1-7-11-15-19-23-31-39-47-57-53(58-48-40-32-24-20-16-12-8-2)45-37-29-27-35-43-51(55-5)61-52(56-6)44-36-28-30-38-46-54(59-49-41-33-25-21-17-13-9-3)60-50-42-34-26-22-18-14-10-4/h35-36,43-44,51-54H,7-34,37-42,45-50H2,1-6H3. The van der Waals surface area contributed by atoms with Crippen molar-refractivity contribution >= 4 is 0 Å². The van der Waals surface area contributed by atoms with Gasteiger partial charge in [0.25, 0.3) is 0 Å². The van der Waals surface area contributed by atoms with E-state index in [0.717, 1.165) is 103 Å². The van der Waals surface area contributed by atoms with Crippen molar-refractivity contribution in [1.29, 1.82) is 0 Å². The van der Waals surface area contributed by atoms with Crippen molar-refractivity contribution in [2.45, 2.75) is 284 Å². The molecule has 2 atom stereocenters. The lowest BCUT2D eigenvalue weighted by Gasteiger charge is -2.19. The fraction of sp³-hybridized carbons (Fsp3) is 0.926. The van der Waals surface area contributed by atoms with E-state index in [9.17, 15) is 0 Å². The summed E-state index contributed by atoms with van der Waals surface area (Å²) < 4.78 is 42.4. The molecule has 0 aliphatic rings. The maximum atomic E-state index is 6.27. The van der Waals surface area contributed by atoms with Crippen LogP contribution in [0.5, 0.6) is 0 Å². The van der Waals surface area contributed by atoms with Gasteiger partial charge in [-0.25, -0.2) is 0 Å². The van der Waals surface area contributed by atoms with Crippen LogP contribution in [-0.2, 0) is 33.2 Å². The van der Waals surface area contributed by atoms with E-state index in [1.165, 1.54) is 154 Å². The molecule has 0 aliphatic heterocycles. The number of hydrogen-bond acceptors (Lipinski definition) is 7. The molecule has 0 N–H and O–H groups in total. The SMILES string of the molecule is CCCCCCCCCOC(CCCCC=CC(OC)OC(C=CCCCCC(OCCCCCCCCC)OCCCCCCCCC)OC)OCCCCCCCCC. The summed E-state index contributed by atoms with van der Waals surface area (Å²) in [6, 6.07) is 0. The van der Waals surface area contributed by atoms with Crippen molar-refractivity contribution in [2.75, 3.05) is 40.6 Å². The van der Waals surface area contributed by atoms with Crippen LogP contribution in [-0.4, -0.2) is 65.8 Å². The van der Waals surface area contributed by atoms with E-state index in [-0.39, 0.29) is 12.6 Å². The van der Waals surface area contributed by atoms with Crippen LogP contribution in [0.3, 0.4) is 0 Å². The first kappa shape index (κ1) is 60.2. The lowest BCUT2D eigenvalue weighted by Crippen LogP contribution is -2.22. The zero-order valence-electron chi connectivity index (χ0n) is 41.8. The largest absolute Gasteiger partial charge is 0.353 e. The second kappa shape index (κ2) is 51.8. The predicted molar refractivity (Wildman–Crippen MR) is 261 cm³/mol. The molecular weight excluding hydrogens is 761 g/mol. The highest BCUT2D eigenvalue weighted by atomic mass is 16.8. The Labute approximate surface area is 380 Å². The maximum absolute atomic E-state index is 6.27. The van der Waals surface area contributed by atoms with Crippen molar-refractivity contribution < 1.29 is 33.2 Å². The molecule has 364 valence electrons. The Hall–Kier alpha value is -0.800. The topological polar surface area (TPSA) is 64.6 Å². The number of methoxy groups -OCH3 is 2. The molecule has 0 aromatic carbocycles. The molecule has 0 spiro atoms. The quantitative estimate of drug-likeness (QED) is 0.0343. The molecule has 0 aromatic heterocycles. The minimum Gasteiger partial charge on any atom is -0.353 e. The Morgan fingerprint density at radius 2 is 0.574 bits per heavy atom. The maximum Gasteiger partial charge on any atom is 0.179 e. The van der Waals surface area contributed by atoms with E-state index in [1.807, 2.05) is 12.2 Å². The predicted octanol–water partition coefficient (Wildman–Crippen LogP) is 16.9. The van der Waals surface area contributed by atoms with Crippen LogP contribution in [0.25, 0.3) is 0 Å². The second-order valence-corrected chi connectivity index (χ2v) is 17.6. The van der Waals surface area contributed by atoms with E-state index >= 15 is 0 Å². The van der Waals surface area contributed by atoms with Crippen LogP contribution in [0.1, 0.15) is 259 Å². The van der Waals surface area contributed by atoms with Crippen molar-refractivity contribution in [3.63, 3.8) is 0 Å². The molecule has 0 saturated carbocycles. The van der Waals surface area contributed by atoms with Crippen LogP contribution < -0.4 is 0 Å². The van der Waals surface area contributed by atoms with Crippen molar-refractivity contribution in [2.24, 2.45) is 0 Å². The van der Waals surface area contributed by atoms with Crippen LogP contribution in [0.2, 0.25) is 0 Å². The number of allylic oxidation sites excluding steroid dienone is 2. The number of rotatable bonds is 52. The smallest absolute Gasteiger partial charge is 0.179 e. The normalized spacial score (nSPS) is 13.2. The van der Waals surface area contributed by atoms with Gasteiger partial charge in [0.15, 0.2) is 25.2 Å². The number of unbranched alkanes of at least 4 members (excludes halogenated alkanes) is 28. The van der Waals surface area contributed by atoms with Crippen LogP contribution in [0.15, 0.2) is 24.3 Å². The van der Waals surface area contributed by atoms with Crippen molar-refractivity contribution in [1.82, 2.24) is 0 Å². The van der Waals surface area contributed by atoms with Gasteiger partial charge in [-0.1, -0.05) is 194 Å². The van der Waals surface area contributed by atoms with Crippen molar-refractivity contribution in [3.8, 4) is 0 Å². The molecule has 0 rings (SSSR count). The van der Waals surface area contributed by atoms with Crippen LogP contribution in [0, 0.1) is 0 Å². The highest BCUT2D eigenvalue weighted by Crippen LogP contribution is 2.17. The fourth-order valence-corrected chi connectivity index (χ4v) is 7.58. The molecule has 0 saturated heterocycles. The van der Waals surface area contributed by atoms with Gasteiger partial charge in [0, 0.05) is 40.6 Å². The molecule has 7 heteroatoms. The zero-order valence-corrected chi connectivity index (χ0v) is 41.8. The highest BCUT2D eigenvalue weighted by Gasteiger charge is 2.13. The zero-order chi connectivity index (χ0) is 44.4. The molecule has 0 aromatic rings. The van der Waals surface area contributed by atoms with Gasteiger partial charge in [-0.15, -0.1) is 0 Å². The summed E-state index contributed by atoms with van der Waals surface area (Å²) >= 11 is 0. The Morgan fingerprint density at radius 3 is 0.836 bits per heavy atom. The van der Waals surface area contributed by atoms with Gasteiger partial charge < -0.3 is 33.2 Å². The first-order valence-corrected chi connectivity index (χ1v) is 26.7. The molecule has 0 aliphatic carbocycles. The lowest BCUT2D eigenvalue weighted by atomic mass is 10.1. The lowest BCUT2D eigenvalue weighted by molar-refractivity contribution is -0.188. The third-order valence-electron chi connectivity index (χ3n) is 11.6. The molecule has 2 unspecified atom stereocenters. The Morgan fingerprint density at radius 1 is 0.311 bits per heavy atom. The van der Waals surface area contributed by atoms with Gasteiger partial charge in [-0.3, -0.25) is 0 Å². The minimum absolute atomic E-state index is 0.0870. The van der Waals surface area contributed by atoms with E-state index in [0.29, 0.717) is 0 Å². The van der Waals surface area contributed by atoms with E-state index in [1.54, 1.807) is 14.2 Å². The summed E-state index contributed by atoms with van der Waals surface area (Å²) in [5.74, 6) is 0. The third kappa shape index (κ3) is 45.6. The summed E-state index contributed by atoms with van der Waals surface area (Å²) in [7, 11) is 3.37. The second-order valence-electron chi connectivity index (χ2n) is 17.6. The minimum atomic E-state index is -0.458. The van der Waals surface area contributed by atoms with Gasteiger partial charge in [-0.2, -0.15) is 0 Å². The monoisotopic (exact) mass is 867 g/mol. The van der Waals surface area contributed by atoms with Gasteiger partial charge >= 0.3 is 0 Å². The molecule has 61 heavy (non-hydrogen) atoms. The average molecular weight is 867 g/mol. The third-order valence-corrected chi connectivity index (χ3v) is 11.6. The van der Waals surface area contributed by atoms with Crippen molar-refractivity contribution in [3.05, 3.63) is 24.3 Å². The first-order chi connectivity index (χ1) is 30.1. The van der Waals surface area contributed by atoms with E-state index < -0.39 is 12.6 Å². The fourth-order valence-electron chi connectivity index (χ4n) is 7.58.